The van der Waals surface area contributed by atoms with Gasteiger partial charge in [-0.05, 0) is 62.2 Å². The Labute approximate surface area is 178 Å². The summed E-state index contributed by atoms with van der Waals surface area (Å²) in [5.41, 5.74) is 2.18. The van der Waals surface area contributed by atoms with E-state index in [4.69, 9.17) is 4.74 Å². The van der Waals surface area contributed by atoms with Gasteiger partial charge in [-0.3, -0.25) is 14.0 Å². The van der Waals surface area contributed by atoms with E-state index in [1.807, 2.05) is 57.2 Å². The number of thiophene rings is 1. The Kier molecular flexibility index (Phi) is 5.55. The molecule has 3 heterocycles. The van der Waals surface area contributed by atoms with E-state index in [1.165, 1.54) is 15.7 Å². The van der Waals surface area contributed by atoms with Gasteiger partial charge in [-0.15, -0.1) is 11.3 Å². The quantitative estimate of drug-likeness (QED) is 0.454. The first kappa shape index (κ1) is 20.1. The minimum absolute atomic E-state index is 0.130. The molecule has 0 saturated heterocycles. The van der Waals surface area contributed by atoms with Crippen molar-refractivity contribution in [1.82, 2.24) is 9.38 Å². The molecule has 0 radical (unpaired) electrons. The predicted molar refractivity (Wildman–Crippen MR) is 121 cm³/mol. The molecule has 0 atom stereocenters. The van der Waals surface area contributed by atoms with Crippen LogP contribution in [0.1, 0.15) is 35.5 Å². The van der Waals surface area contributed by atoms with Crippen LogP contribution in [-0.2, 0) is 0 Å². The first-order valence-electron chi connectivity index (χ1n) is 9.99. The van der Waals surface area contributed by atoms with Crippen LogP contribution in [0.2, 0.25) is 0 Å². The largest absolute Gasteiger partial charge is 0.494 e. The number of hydrogen-bond donors (Lipinski definition) is 0. The summed E-state index contributed by atoms with van der Waals surface area (Å²) in [5.74, 6) is 0.639. The molecule has 0 spiro atoms. The highest BCUT2D eigenvalue weighted by Crippen LogP contribution is 2.27. The summed E-state index contributed by atoms with van der Waals surface area (Å²) in [5, 5.41) is 0.467. The molecule has 1 aromatic carbocycles. The molecule has 4 rings (SSSR count). The van der Waals surface area contributed by atoms with Crippen molar-refractivity contribution in [3.05, 3.63) is 69.5 Å². The Hall–Kier alpha value is -3.19. The first-order chi connectivity index (χ1) is 14.5. The molecule has 7 heteroatoms. The Morgan fingerprint density at radius 1 is 1.20 bits per heavy atom. The topological polar surface area (TPSA) is 63.9 Å². The standard InChI is InChI=1S/C23H23N3O3S/c1-4-12-25(16-8-10-17(11-9-16)29-5-2)23(28)19-14-18-21(30-19)24-20-15(3)7-6-13-26(20)22(18)27/h6-11,13-14H,4-5,12H2,1-3H3. The molecule has 154 valence electrons. The molecular weight excluding hydrogens is 398 g/mol. The number of benzene rings is 1. The lowest BCUT2D eigenvalue weighted by Crippen LogP contribution is -2.31. The van der Waals surface area contributed by atoms with Crippen LogP contribution in [0.25, 0.3) is 15.9 Å². The predicted octanol–water partition coefficient (Wildman–Crippen LogP) is 4.67. The maximum atomic E-state index is 13.4. The number of carbonyl (C=O) groups is 1. The van der Waals surface area contributed by atoms with E-state index < -0.39 is 0 Å². The van der Waals surface area contributed by atoms with Crippen LogP contribution in [-0.4, -0.2) is 28.4 Å². The Bertz CT molecular complexity index is 1270. The Morgan fingerprint density at radius 2 is 1.97 bits per heavy atom. The average Bonchev–Trinajstić information content (AvgIpc) is 3.18. The van der Waals surface area contributed by atoms with Gasteiger partial charge in [0, 0.05) is 18.4 Å². The highest BCUT2D eigenvalue weighted by molar-refractivity contribution is 7.20. The number of hydrogen-bond acceptors (Lipinski definition) is 5. The smallest absolute Gasteiger partial charge is 0.268 e. The lowest BCUT2D eigenvalue weighted by Gasteiger charge is -2.22. The number of anilines is 1. The molecule has 0 saturated carbocycles. The maximum Gasteiger partial charge on any atom is 0.268 e. The van der Waals surface area contributed by atoms with Crippen molar-refractivity contribution in [2.45, 2.75) is 27.2 Å². The number of nitrogens with zero attached hydrogens (tertiary/aromatic N) is 3. The third-order valence-electron chi connectivity index (χ3n) is 4.89. The van der Waals surface area contributed by atoms with Gasteiger partial charge < -0.3 is 9.64 Å². The lowest BCUT2D eigenvalue weighted by molar-refractivity contribution is 0.0991. The van der Waals surface area contributed by atoms with Crippen molar-refractivity contribution in [2.75, 3.05) is 18.1 Å². The zero-order chi connectivity index (χ0) is 21.3. The third-order valence-corrected chi connectivity index (χ3v) is 5.91. The van der Waals surface area contributed by atoms with Crippen molar-refractivity contribution < 1.29 is 9.53 Å². The van der Waals surface area contributed by atoms with Crippen molar-refractivity contribution in [3.63, 3.8) is 0 Å². The Balaban J connectivity index is 1.76. The van der Waals surface area contributed by atoms with Gasteiger partial charge in [0.1, 0.15) is 16.2 Å². The SMILES string of the molecule is CCCN(C(=O)c1cc2c(=O)n3cccc(C)c3nc2s1)c1ccc(OCC)cc1. The summed E-state index contributed by atoms with van der Waals surface area (Å²) >= 11 is 1.26. The van der Waals surface area contributed by atoms with Gasteiger partial charge in [-0.2, -0.15) is 0 Å². The number of carbonyl (C=O) groups excluding carboxylic acids is 1. The molecule has 0 aliphatic carbocycles. The summed E-state index contributed by atoms with van der Waals surface area (Å²) in [7, 11) is 0. The zero-order valence-corrected chi connectivity index (χ0v) is 18.0. The minimum atomic E-state index is -0.155. The van der Waals surface area contributed by atoms with Gasteiger partial charge in [0.25, 0.3) is 11.5 Å². The van der Waals surface area contributed by atoms with E-state index in [9.17, 15) is 9.59 Å². The van der Waals surface area contributed by atoms with Gasteiger partial charge in [-0.25, -0.2) is 4.98 Å². The van der Waals surface area contributed by atoms with E-state index in [1.54, 1.807) is 17.2 Å². The number of fused-ring (bicyclic) bond motifs is 2. The molecule has 0 unspecified atom stereocenters. The lowest BCUT2D eigenvalue weighted by atomic mass is 10.2. The van der Waals surface area contributed by atoms with E-state index in [2.05, 4.69) is 4.98 Å². The summed E-state index contributed by atoms with van der Waals surface area (Å²) < 4.78 is 7.04. The minimum Gasteiger partial charge on any atom is -0.494 e. The van der Waals surface area contributed by atoms with Crippen LogP contribution in [0.4, 0.5) is 5.69 Å². The van der Waals surface area contributed by atoms with Crippen molar-refractivity contribution >= 4 is 38.8 Å². The van der Waals surface area contributed by atoms with Crippen LogP contribution in [0.5, 0.6) is 5.75 Å². The zero-order valence-electron chi connectivity index (χ0n) is 17.2. The van der Waals surface area contributed by atoms with Crippen molar-refractivity contribution in [2.24, 2.45) is 0 Å². The van der Waals surface area contributed by atoms with Gasteiger partial charge in [0.15, 0.2) is 0 Å². The molecule has 4 aromatic rings. The average molecular weight is 422 g/mol. The van der Waals surface area contributed by atoms with Crippen LogP contribution >= 0.6 is 11.3 Å². The number of aryl methyl sites for hydroxylation is 1. The third kappa shape index (κ3) is 3.57. The fraction of sp³-hybridized carbons (Fsp3) is 0.261. The number of ether oxygens (including phenoxy) is 1. The number of amides is 1. The molecule has 3 aromatic heterocycles. The molecule has 0 N–H and O–H groups in total. The number of rotatable bonds is 6. The van der Waals surface area contributed by atoms with Crippen LogP contribution < -0.4 is 15.2 Å². The second-order valence-electron chi connectivity index (χ2n) is 7.01. The maximum absolute atomic E-state index is 13.4. The summed E-state index contributed by atoms with van der Waals surface area (Å²) in [4.78, 5) is 33.8. The number of pyridine rings is 1. The monoisotopic (exact) mass is 421 g/mol. The molecule has 6 nitrogen and oxygen atoms in total. The second-order valence-corrected chi connectivity index (χ2v) is 8.05. The van der Waals surface area contributed by atoms with E-state index in [0.717, 1.165) is 23.4 Å². The highest BCUT2D eigenvalue weighted by atomic mass is 32.1. The van der Waals surface area contributed by atoms with Crippen LogP contribution in [0, 0.1) is 6.92 Å². The summed E-state index contributed by atoms with van der Waals surface area (Å²) in [6.07, 6.45) is 2.52. The normalized spacial score (nSPS) is 11.2. The highest BCUT2D eigenvalue weighted by Gasteiger charge is 2.21. The number of aromatic nitrogens is 2. The van der Waals surface area contributed by atoms with Crippen LogP contribution in [0.15, 0.2) is 53.5 Å². The molecule has 0 aliphatic rings. The second kappa shape index (κ2) is 8.28. The van der Waals surface area contributed by atoms with Crippen LogP contribution in [0.3, 0.4) is 0 Å². The van der Waals surface area contributed by atoms with Gasteiger partial charge in [0.05, 0.1) is 16.9 Å². The van der Waals surface area contributed by atoms with Gasteiger partial charge >= 0.3 is 0 Å². The summed E-state index contributed by atoms with van der Waals surface area (Å²) in [6.45, 7) is 7.05. The van der Waals surface area contributed by atoms with Gasteiger partial charge in [-0.1, -0.05) is 13.0 Å². The molecule has 0 bridgehead atoms. The molecule has 0 aliphatic heterocycles. The Morgan fingerprint density at radius 3 is 2.67 bits per heavy atom. The first-order valence-corrected chi connectivity index (χ1v) is 10.8. The van der Waals surface area contributed by atoms with Crippen molar-refractivity contribution in [1.29, 1.82) is 0 Å². The van der Waals surface area contributed by atoms with E-state index in [-0.39, 0.29) is 11.5 Å². The molecular formula is C23H23N3O3S. The van der Waals surface area contributed by atoms with E-state index in [0.29, 0.717) is 33.9 Å². The summed E-state index contributed by atoms with van der Waals surface area (Å²) in [6, 6.07) is 12.9. The fourth-order valence-electron chi connectivity index (χ4n) is 3.46. The molecule has 30 heavy (non-hydrogen) atoms. The molecule has 0 fully saturated rings. The molecule has 1 amide bonds. The van der Waals surface area contributed by atoms with Crippen molar-refractivity contribution in [3.8, 4) is 5.75 Å². The fourth-order valence-corrected chi connectivity index (χ4v) is 4.43. The van der Waals surface area contributed by atoms with Gasteiger partial charge in [0.2, 0.25) is 0 Å². The van der Waals surface area contributed by atoms with E-state index >= 15 is 0 Å².